The lowest BCUT2D eigenvalue weighted by Crippen LogP contribution is -2.53. The summed E-state index contributed by atoms with van der Waals surface area (Å²) < 4.78 is 56.7. The smallest absolute Gasteiger partial charge is 0.383 e. The van der Waals surface area contributed by atoms with Gasteiger partial charge in [-0.05, 0) is 54.5 Å². The molecule has 2 aromatic carbocycles. The molecule has 1 aliphatic rings. The Morgan fingerprint density at radius 1 is 1.15 bits per heavy atom. The van der Waals surface area contributed by atoms with E-state index in [1.165, 1.54) is 36.7 Å². The minimum absolute atomic E-state index is 0.0766. The van der Waals surface area contributed by atoms with Crippen molar-refractivity contribution in [1.29, 1.82) is 5.26 Å². The molecule has 0 bridgehead atoms. The summed E-state index contributed by atoms with van der Waals surface area (Å²) in [4.78, 5) is 4.38. The summed E-state index contributed by atoms with van der Waals surface area (Å²) in [5.74, 6) is -0.458. The molecule has 1 saturated carbocycles. The van der Waals surface area contributed by atoms with Crippen LogP contribution in [0.1, 0.15) is 62.9 Å². The third-order valence-corrected chi connectivity index (χ3v) is 7.60. The first kappa shape index (κ1) is 28.6. The van der Waals surface area contributed by atoms with Gasteiger partial charge in [-0.1, -0.05) is 49.7 Å². The molecule has 2 aromatic heterocycles. The summed E-state index contributed by atoms with van der Waals surface area (Å²) in [6, 6.07) is 10.4. The first-order chi connectivity index (χ1) is 19.3. The fourth-order valence-corrected chi connectivity index (χ4v) is 5.16. The second-order valence-corrected chi connectivity index (χ2v) is 11.9. The summed E-state index contributed by atoms with van der Waals surface area (Å²) in [5, 5.41) is 25.3. The van der Waals surface area contributed by atoms with Crippen LogP contribution in [0.5, 0.6) is 0 Å². The van der Waals surface area contributed by atoms with E-state index in [1.54, 1.807) is 12.1 Å². The van der Waals surface area contributed by atoms with Gasteiger partial charge in [0.05, 0.1) is 34.0 Å². The number of anilines is 2. The number of rotatable bonds is 7. The predicted molar refractivity (Wildman–Crippen MR) is 149 cm³/mol. The second-order valence-electron chi connectivity index (χ2n) is 11.5. The number of nitrogens with one attached hydrogen (secondary N) is 2. The van der Waals surface area contributed by atoms with E-state index < -0.39 is 23.6 Å². The van der Waals surface area contributed by atoms with Gasteiger partial charge in [0.25, 0.3) is 0 Å². The summed E-state index contributed by atoms with van der Waals surface area (Å²) >= 11 is 6.64. The summed E-state index contributed by atoms with van der Waals surface area (Å²) in [5.41, 5.74) is 0.480. The van der Waals surface area contributed by atoms with E-state index in [0.717, 1.165) is 4.68 Å². The molecule has 5 rings (SSSR count). The first-order valence-electron chi connectivity index (χ1n) is 13.1. The van der Waals surface area contributed by atoms with Crippen molar-refractivity contribution < 1.29 is 17.6 Å². The van der Waals surface area contributed by atoms with E-state index in [1.807, 2.05) is 0 Å². The lowest BCUT2D eigenvalue weighted by atomic mass is 9.76. The molecule has 1 fully saturated rings. The minimum Gasteiger partial charge on any atom is -0.383 e. The molecule has 0 amide bonds. The molecular formula is C29H28ClF4N7. The Morgan fingerprint density at radius 3 is 2.44 bits per heavy atom. The van der Waals surface area contributed by atoms with Gasteiger partial charge >= 0.3 is 6.18 Å². The number of alkyl halides is 3. The number of fused-ring (bicyclic) bond motifs is 1. The van der Waals surface area contributed by atoms with Crippen LogP contribution < -0.4 is 10.6 Å². The van der Waals surface area contributed by atoms with Crippen molar-refractivity contribution in [1.82, 2.24) is 20.0 Å². The fraction of sp³-hybridized carbons (Fsp3) is 0.379. The van der Waals surface area contributed by atoms with Crippen molar-refractivity contribution in [3.63, 3.8) is 0 Å². The molecule has 7 nitrogen and oxygen atoms in total. The largest absolute Gasteiger partial charge is 0.413 e. The average Bonchev–Trinajstić information content (AvgIpc) is 3.34. The SMILES string of the molecule is CC(C)(C)CNc1c(C#N)cnc2c(Cl)cc(N[C@@H](c3ccc(F)cc3)c3cn(C4(C(F)(F)F)CCC4)nn3)cc12. The Kier molecular flexibility index (Phi) is 7.32. The molecule has 0 saturated heterocycles. The normalized spacial score (nSPS) is 15.7. The van der Waals surface area contributed by atoms with Gasteiger partial charge in [0.2, 0.25) is 0 Å². The van der Waals surface area contributed by atoms with Crippen LogP contribution >= 0.6 is 11.6 Å². The highest BCUT2D eigenvalue weighted by Gasteiger charge is 2.60. The number of hydrogen-bond donors (Lipinski definition) is 2. The molecule has 12 heteroatoms. The zero-order chi connectivity index (χ0) is 29.6. The van der Waals surface area contributed by atoms with Gasteiger partial charge in [-0.25, -0.2) is 9.07 Å². The van der Waals surface area contributed by atoms with Gasteiger partial charge in [0.15, 0.2) is 5.54 Å². The standard InChI is InChI=1S/C29H28ClF4N7/c1-27(2,3)16-37-24-18(13-35)14-36-26-21(24)11-20(12-22(26)30)38-25(17-5-7-19(31)8-6-17)23-15-41(40-39-23)28(9-4-10-28)29(32,33)34/h5-8,11-12,14-15,25,38H,4,9-10,16H2,1-3H3,(H,36,37)/t25-/m0/s1. The average molecular weight is 586 g/mol. The van der Waals surface area contributed by atoms with Crippen molar-refractivity contribution in [3.8, 4) is 6.07 Å². The van der Waals surface area contributed by atoms with Crippen molar-refractivity contribution in [3.05, 3.63) is 76.5 Å². The van der Waals surface area contributed by atoms with Gasteiger partial charge < -0.3 is 10.6 Å². The maximum atomic E-state index is 14.0. The molecule has 2 N–H and O–H groups in total. The van der Waals surface area contributed by atoms with Crippen LogP contribution in [-0.2, 0) is 5.54 Å². The maximum absolute atomic E-state index is 14.0. The van der Waals surface area contributed by atoms with Gasteiger partial charge in [-0.2, -0.15) is 18.4 Å². The maximum Gasteiger partial charge on any atom is 0.413 e. The molecule has 0 spiro atoms. The minimum atomic E-state index is -4.48. The highest BCUT2D eigenvalue weighted by molar-refractivity contribution is 6.35. The Hall–Kier alpha value is -3.91. The van der Waals surface area contributed by atoms with Crippen LogP contribution in [0.3, 0.4) is 0 Å². The molecule has 0 radical (unpaired) electrons. The molecule has 0 unspecified atom stereocenters. The Bertz CT molecular complexity index is 1610. The number of hydrogen-bond acceptors (Lipinski definition) is 6. The third-order valence-electron chi connectivity index (χ3n) is 7.31. The summed E-state index contributed by atoms with van der Waals surface area (Å²) in [6.45, 7) is 6.74. The number of pyridine rings is 1. The zero-order valence-corrected chi connectivity index (χ0v) is 23.4. The topological polar surface area (TPSA) is 91.5 Å². The van der Waals surface area contributed by atoms with E-state index in [4.69, 9.17) is 11.6 Å². The Morgan fingerprint density at radius 2 is 1.85 bits per heavy atom. The molecule has 1 aliphatic carbocycles. The van der Waals surface area contributed by atoms with Gasteiger partial charge in [-0.3, -0.25) is 4.98 Å². The number of halogens is 5. The highest BCUT2D eigenvalue weighted by atomic mass is 35.5. The Balaban J connectivity index is 1.59. The van der Waals surface area contributed by atoms with Crippen LogP contribution in [0, 0.1) is 22.6 Å². The molecule has 41 heavy (non-hydrogen) atoms. The highest BCUT2D eigenvalue weighted by Crippen LogP contribution is 2.51. The van der Waals surface area contributed by atoms with Crippen LogP contribution in [0.15, 0.2) is 48.8 Å². The molecule has 0 aliphatic heterocycles. The van der Waals surface area contributed by atoms with Crippen LogP contribution in [0.4, 0.5) is 28.9 Å². The number of nitrogens with zero attached hydrogens (tertiary/aromatic N) is 5. The number of aromatic nitrogens is 4. The molecular weight excluding hydrogens is 558 g/mol. The van der Waals surface area contributed by atoms with E-state index >= 15 is 0 Å². The zero-order valence-electron chi connectivity index (χ0n) is 22.7. The third kappa shape index (κ3) is 5.53. The van der Waals surface area contributed by atoms with Crippen LogP contribution in [0.25, 0.3) is 10.9 Å². The van der Waals surface area contributed by atoms with E-state index in [0.29, 0.717) is 51.4 Å². The first-order valence-corrected chi connectivity index (χ1v) is 13.5. The molecule has 4 aromatic rings. The van der Waals surface area contributed by atoms with Crippen molar-refractivity contribution in [2.24, 2.45) is 5.41 Å². The summed E-state index contributed by atoms with van der Waals surface area (Å²) in [7, 11) is 0. The van der Waals surface area contributed by atoms with Gasteiger partial charge in [0, 0.05) is 23.8 Å². The molecule has 214 valence electrons. The lowest BCUT2D eigenvalue weighted by molar-refractivity contribution is -0.243. The second kappa shape index (κ2) is 10.5. The number of nitriles is 1. The Labute approximate surface area is 239 Å². The van der Waals surface area contributed by atoms with E-state index in [-0.39, 0.29) is 24.0 Å². The molecule has 1 atom stereocenters. The van der Waals surface area contributed by atoms with Crippen molar-refractivity contribution in [2.45, 2.75) is 57.8 Å². The summed E-state index contributed by atoms with van der Waals surface area (Å²) in [6.07, 6.45) is -1.44. The van der Waals surface area contributed by atoms with Gasteiger partial charge in [0.1, 0.15) is 17.6 Å². The van der Waals surface area contributed by atoms with Crippen molar-refractivity contribution in [2.75, 3.05) is 17.2 Å². The fourth-order valence-electron chi connectivity index (χ4n) is 4.89. The van der Waals surface area contributed by atoms with Crippen LogP contribution in [-0.4, -0.2) is 32.7 Å². The van der Waals surface area contributed by atoms with Gasteiger partial charge in [-0.15, -0.1) is 5.10 Å². The molecule has 2 heterocycles. The quantitative estimate of drug-likeness (QED) is 0.217. The van der Waals surface area contributed by atoms with E-state index in [2.05, 4.69) is 52.8 Å². The van der Waals surface area contributed by atoms with Crippen molar-refractivity contribution >= 4 is 33.9 Å². The van der Waals surface area contributed by atoms with E-state index in [9.17, 15) is 22.8 Å². The lowest BCUT2D eigenvalue weighted by Gasteiger charge is -2.42. The number of benzene rings is 2. The monoisotopic (exact) mass is 585 g/mol. The predicted octanol–water partition coefficient (Wildman–Crippen LogP) is 7.59. The van der Waals surface area contributed by atoms with Crippen LogP contribution in [0.2, 0.25) is 5.02 Å².